The standard InChI is InChI=1S/C9H17NO/c1-2-7-10-8-5-3-4-6-9(8)11/h2,8-11H,1,3-7H2. The molecule has 1 aliphatic carbocycles. The van der Waals surface area contributed by atoms with E-state index in [0.717, 1.165) is 19.4 Å². The van der Waals surface area contributed by atoms with Gasteiger partial charge in [-0.15, -0.1) is 6.58 Å². The summed E-state index contributed by atoms with van der Waals surface area (Å²) in [5.41, 5.74) is 0. The Bertz CT molecular complexity index is 125. The zero-order valence-electron chi connectivity index (χ0n) is 6.92. The van der Waals surface area contributed by atoms with Crippen molar-refractivity contribution in [1.29, 1.82) is 0 Å². The lowest BCUT2D eigenvalue weighted by Crippen LogP contribution is -2.41. The number of nitrogens with one attached hydrogen (secondary N) is 1. The first-order valence-electron chi connectivity index (χ1n) is 4.37. The number of aliphatic hydroxyl groups is 1. The average molecular weight is 155 g/mol. The Hall–Kier alpha value is -0.340. The summed E-state index contributed by atoms with van der Waals surface area (Å²) in [6.07, 6.45) is 6.17. The Morgan fingerprint density at radius 1 is 1.45 bits per heavy atom. The van der Waals surface area contributed by atoms with Crippen LogP contribution in [0.25, 0.3) is 0 Å². The minimum atomic E-state index is -0.135. The Balaban J connectivity index is 2.23. The predicted molar refractivity (Wildman–Crippen MR) is 46.5 cm³/mol. The van der Waals surface area contributed by atoms with Gasteiger partial charge < -0.3 is 10.4 Å². The number of aliphatic hydroxyl groups excluding tert-OH is 1. The predicted octanol–water partition coefficient (Wildman–Crippen LogP) is 1.07. The molecule has 2 N–H and O–H groups in total. The van der Waals surface area contributed by atoms with Crippen LogP contribution >= 0.6 is 0 Å². The number of rotatable bonds is 3. The number of hydrogen-bond donors (Lipinski definition) is 2. The molecule has 1 rings (SSSR count). The van der Waals surface area contributed by atoms with Crippen molar-refractivity contribution in [3.63, 3.8) is 0 Å². The molecule has 0 aliphatic heterocycles. The van der Waals surface area contributed by atoms with Gasteiger partial charge in [0.15, 0.2) is 0 Å². The van der Waals surface area contributed by atoms with Crippen LogP contribution in [0.5, 0.6) is 0 Å². The fourth-order valence-electron chi connectivity index (χ4n) is 1.58. The Morgan fingerprint density at radius 3 is 2.82 bits per heavy atom. The molecule has 0 aromatic carbocycles. The maximum atomic E-state index is 9.50. The zero-order chi connectivity index (χ0) is 8.10. The van der Waals surface area contributed by atoms with E-state index in [2.05, 4.69) is 11.9 Å². The van der Waals surface area contributed by atoms with Gasteiger partial charge in [-0.05, 0) is 12.8 Å². The molecule has 0 amide bonds. The zero-order valence-corrected chi connectivity index (χ0v) is 6.92. The van der Waals surface area contributed by atoms with E-state index in [0.29, 0.717) is 6.04 Å². The van der Waals surface area contributed by atoms with Gasteiger partial charge in [0, 0.05) is 12.6 Å². The van der Waals surface area contributed by atoms with Crippen LogP contribution in [-0.2, 0) is 0 Å². The molecule has 1 aliphatic rings. The topological polar surface area (TPSA) is 32.3 Å². The molecule has 0 heterocycles. The summed E-state index contributed by atoms with van der Waals surface area (Å²) < 4.78 is 0. The smallest absolute Gasteiger partial charge is 0.0693 e. The van der Waals surface area contributed by atoms with E-state index in [9.17, 15) is 5.11 Å². The molecule has 0 bridgehead atoms. The minimum Gasteiger partial charge on any atom is -0.392 e. The normalized spacial score (nSPS) is 31.7. The first-order chi connectivity index (χ1) is 5.34. The van der Waals surface area contributed by atoms with Crippen molar-refractivity contribution in [2.75, 3.05) is 6.54 Å². The van der Waals surface area contributed by atoms with Crippen molar-refractivity contribution >= 4 is 0 Å². The lowest BCUT2D eigenvalue weighted by atomic mass is 9.93. The molecular formula is C9H17NO. The highest BCUT2D eigenvalue weighted by Crippen LogP contribution is 2.17. The third kappa shape index (κ3) is 2.64. The van der Waals surface area contributed by atoms with Crippen LogP contribution in [0, 0.1) is 0 Å². The molecule has 2 unspecified atom stereocenters. The first kappa shape index (κ1) is 8.75. The largest absolute Gasteiger partial charge is 0.392 e. The van der Waals surface area contributed by atoms with E-state index < -0.39 is 0 Å². The highest BCUT2D eigenvalue weighted by Gasteiger charge is 2.21. The number of hydrogen-bond acceptors (Lipinski definition) is 2. The van der Waals surface area contributed by atoms with Crippen LogP contribution in [0.1, 0.15) is 25.7 Å². The van der Waals surface area contributed by atoms with Crippen molar-refractivity contribution in [3.8, 4) is 0 Å². The van der Waals surface area contributed by atoms with Crippen molar-refractivity contribution < 1.29 is 5.11 Å². The molecule has 0 spiro atoms. The summed E-state index contributed by atoms with van der Waals surface area (Å²) in [5, 5.41) is 12.8. The lowest BCUT2D eigenvalue weighted by Gasteiger charge is -2.27. The molecule has 1 saturated carbocycles. The monoisotopic (exact) mass is 155 g/mol. The van der Waals surface area contributed by atoms with Gasteiger partial charge in [0.25, 0.3) is 0 Å². The maximum Gasteiger partial charge on any atom is 0.0693 e. The molecule has 1 fully saturated rings. The molecule has 0 saturated heterocycles. The first-order valence-corrected chi connectivity index (χ1v) is 4.37. The molecule has 11 heavy (non-hydrogen) atoms. The molecule has 2 heteroatoms. The SMILES string of the molecule is C=CCNC1CCCCC1O. The van der Waals surface area contributed by atoms with Crippen molar-refractivity contribution in [2.24, 2.45) is 0 Å². The quantitative estimate of drug-likeness (QED) is 0.597. The van der Waals surface area contributed by atoms with E-state index in [1.54, 1.807) is 0 Å². The van der Waals surface area contributed by atoms with Crippen LogP contribution in [-0.4, -0.2) is 23.8 Å². The van der Waals surface area contributed by atoms with E-state index in [4.69, 9.17) is 0 Å². The summed E-state index contributed by atoms with van der Waals surface area (Å²) in [7, 11) is 0. The van der Waals surface area contributed by atoms with Gasteiger partial charge in [0.2, 0.25) is 0 Å². The van der Waals surface area contributed by atoms with Gasteiger partial charge in [-0.2, -0.15) is 0 Å². The molecule has 64 valence electrons. The molecule has 0 aromatic heterocycles. The van der Waals surface area contributed by atoms with Crippen LogP contribution < -0.4 is 5.32 Å². The van der Waals surface area contributed by atoms with E-state index in [1.807, 2.05) is 6.08 Å². The summed E-state index contributed by atoms with van der Waals surface area (Å²) in [4.78, 5) is 0. The van der Waals surface area contributed by atoms with Gasteiger partial charge in [0.1, 0.15) is 0 Å². The second kappa shape index (κ2) is 4.52. The average Bonchev–Trinajstić information content (AvgIpc) is 2.03. The van der Waals surface area contributed by atoms with E-state index in [1.165, 1.54) is 12.8 Å². The third-order valence-corrected chi connectivity index (χ3v) is 2.25. The summed E-state index contributed by atoms with van der Waals surface area (Å²) in [5.74, 6) is 0. The van der Waals surface area contributed by atoms with Crippen LogP contribution in [0.15, 0.2) is 12.7 Å². The fraction of sp³-hybridized carbons (Fsp3) is 0.778. The van der Waals surface area contributed by atoms with Gasteiger partial charge in [-0.1, -0.05) is 18.9 Å². The molecule has 0 aromatic rings. The third-order valence-electron chi connectivity index (χ3n) is 2.25. The summed E-state index contributed by atoms with van der Waals surface area (Å²) >= 11 is 0. The van der Waals surface area contributed by atoms with Crippen LogP contribution in [0.2, 0.25) is 0 Å². The van der Waals surface area contributed by atoms with E-state index in [-0.39, 0.29) is 6.10 Å². The van der Waals surface area contributed by atoms with Gasteiger partial charge in [0.05, 0.1) is 6.10 Å². The lowest BCUT2D eigenvalue weighted by molar-refractivity contribution is 0.0929. The maximum absolute atomic E-state index is 9.50. The molecule has 0 radical (unpaired) electrons. The second-order valence-electron chi connectivity index (χ2n) is 3.16. The fourth-order valence-corrected chi connectivity index (χ4v) is 1.58. The van der Waals surface area contributed by atoms with Gasteiger partial charge >= 0.3 is 0 Å². The van der Waals surface area contributed by atoms with E-state index >= 15 is 0 Å². The Morgan fingerprint density at radius 2 is 2.18 bits per heavy atom. The van der Waals surface area contributed by atoms with Crippen molar-refractivity contribution in [1.82, 2.24) is 5.32 Å². The summed E-state index contributed by atoms with van der Waals surface area (Å²) in [6, 6.07) is 0.307. The summed E-state index contributed by atoms with van der Waals surface area (Å²) in [6.45, 7) is 4.43. The van der Waals surface area contributed by atoms with Gasteiger partial charge in [-0.25, -0.2) is 0 Å². The van der Waals surface area contributed by atoms with Crippen LogP contribution in [0.4, 0.5) is 0 Å². The van der Waals surface area contributed by atoms with Gasteiger partial charge in [-0.3, -0.25) is 0 Å². The highest BCUT2D eigenvalue weighted by atomic mass is 16.3. The molecule has 2 nitrogen and oxygen atoms in total. The molecular weight excluding hydrogens is 138 g/mol. The Labute approximate surface area is 68.3 Å². The Kier molecular flexibility index (Phi) is 3.60. The van der Waals surface area contributed by atoms with Crippen molar-refractivity contribution in [2.45, 2.75) is 37.8 Å². The van der Waals surface area contributed by atoms with Crippen LogP contribution in [0.3, 0.4) is 0 Å². The minimum absolute atomic E-state index is 0.135. The molecule has 2 atom stereocenters. The van der Waals surface area contributed by atoms with Crippen molar-refractivity contribution in [3.05, 3.63) is 12.7 Å². The second-order valence-corrected chi connectivity index (χ2v) is 3.16. The highest BCUT2D eigenvalue weighted by molar-refractivity contribution is 4.83.